The minimum absolute atomic E-state index is 0.249. The maximum atomic E-state index is 12.6. The maximum Gasteiger partial charge on any atom is 0.341 e. The van der Waals surface area contributed by atoms with Crippen LogP contribution >= 0.6 is 15.9 Å². The van der Waals surface area contributed by atoms with E-state index in [0.717, 1.165) is 5.56 Å². The lowest BCUT2D eigenvalue weighted by molar-refractivity contribution is -0.139. The van der Waals surface area contributed by atoms with E-state index in [1.165, 1.54) is 13.3 Å². The van der Waals surface area contributed by atoms with Crippen LogP contribution < -0.4 is 24.4 Å². The fourth-order valence-electron chi connectivity index (χ4n) is 3.09. The molecule has 188 valence electrons. The number of rotatable bonds is 12. The standard InChI is InChI=1S/C26H25BrN2O7/c1-3-34-22-13-19(9-10-21(22)35-15-17-7-5-4-6-8-17)26(32)29-28-14-18-11-20(27)25(23(12-18)33-2)36-16-24(30)31/h4-14H,3,15-16H2,1-2H3,(H,29,32)(H,30,31)/b28-14+. The molecule has 2 N–H and O–H groups in total. The van der Waals surface area contributed by atoms with Crippen LogP contribution in [-0.4, -0.2) is 43.5 Å². The molecular weight excluding hydrogens is 532 g/mol. The summed E-state index contributed by atoms with van der Waals surface area (Å²) in [7, 11) is 1.43. The van der Waals surface area contributed by atoms with Gasteiger partial charge in [-0.2, -0.15) is 5.10 Å². The van der Waals surface area contributed by atoms with Gasteiger partial charge in [-0.3, -0.25) is 4.79 Å². The second-order valence-corrected chi connectivity index (χ2v) is 8.14. The molecule has 1 amide bonds. The van der Waals surface area contributed by atoms with Gasteiger partial charge >= 0.3 is 5.97 Å². The van der Waals surface area contributed by atoms with Crippen LogP contribution in [0.5, 0.6) is 23.0 Å². The van der Waals surface area contributed by atoms with Crippen molar-refractivity contribution in [2.75, 3.05) is 20.3 Å². The van der Waals surface area contributed by atoms with Gasteiger partial charge in [-0.25, -0.2) is 10.2 Å². The highest BCUT2D eigenvalue weighted by Crippen LogP contribution is 2.36. The Morgan fingerprint density at radius 1 is 1.00 bits per heavy atom. The molecule has 0 aromatic heterocycles. The molecule has 0 spiro atoms. The van der Waals surface area contributed by atoms with Gasteiger partial charge in [0.1, 0.15) is 6.61 Å². The van der Waals surface area contributed by atoms with Crippen molar-refractivity contribution in [1.29, 1.82) is 0 Å². The third kappa shape index (κ3) is 7.47. The molecule has 9 nitrogen and oxygen atoms in total. The van der Waals surface area contributed by atoms with Crippen molar-refractivity contribution in [3.05, 3.63) is 81.8 Å². The Labute approximate surface area is 216 Å². The number of carbonyl (C=O) groups is 2. The van der Waals surface area contributed by atoms with E-state index in [2.05, 4.69) is 26.5 Å². The number of hydrogen-bond acceptors (Lipinski definition) is 7. The number of carbonyl (C=O) groups excluding carboxylic acids is 1. The Kier molecular flexibility index (Phi) is 9.70. The van der Waals surface area contributed by atoms with Crippen LogP contribution in [-0.2, 0) is 11.4 Å². The SMILES string of the molecule is CCOc1cc(C(=O)N/N=C/c2cc(Br)c(OCC(=O)O)c(OC)c2)ccc1OCc1ccccc1. The summed E-state index contributed by atoms with van der Waals surface area (Å²) in [6.45, 7) is 2.12. The summed E-state index contributed by atoms with van der Waals surface area (Å²) >= 11 is 3.33. The fraction of sp³-hybridized carbons (Fsp3) is 0.192. The van der Waals surface area contributed by atoms with Crippen LogP contribution in [0, 0.1) is 0 Å². The second kappa shape index (κ2) is 13.1. The van der Waals surface area contributed by atoms with Crippen LogP contribution in [0.15, 0.2) is 70.2 Å². The van der Waals surface area contributed by atoms with Gasteiger partial charge in [-0.1, -0.05) is 30.3 Å². The molecule has 0 heterocycles. The summed E-state index contributed by atoms with van der Waals surface area (Å²) < 4.78 is 22.5. The van der Waals surface area contributed by atoms with E-state index < -0.39 is 18.5 Å². The van der Waals surface area contributed by atoms with Crippen molar-refractivity contribution >= 4 is 34.0 Å². The summed E-state index contributed by atoms with van der Waals surface area (Å²) in [5.41, 5.74) is 4.42. The predicted molar refractivity (Wildman–Crippen MR) is 137 cm³/mol. The number of carboxylic acids is 1. The molecule has 0 bridgehead atoms. The molecule has 0 aliphatic carbocycles. The first-order valence-corrected chi connectivity index (χ1v) is 11.7. The number of ether oxygens (including phenoxy) is 4. The van der Waals surface area contributed by atoms with E-state index in [1.807, 2.05) is 37.3 Å². The Balaban J connectivity index is 1.68. The van der Waals surface area contributed by atoms with Crippen molar-refractivity contribution in [3.8, 4) is 23.0 Å². The molecule has 3 aromatic carbocycles. The van der Waals surface area contributed by atoms with Crippen LogP contribution in [0.4, 0.5) is 0 Å². The highest BCUT2D eigenvalue weighted by atomic mass is 79.9. The Morgan fingerprint density at radius 2 is 1.78 bits per heavy atom. The maximum absolute atomic E-state index is 12.6. The lowest BCUT2D eigenvalue weighted by Gasteiger charge is -2.13. The summed E-state index contributed by atoms with van der Waals surface area (Å²) in [5.74, 6) is -0.00149. The Hall–Kier alpha value is -4.05. The monoisotopic (exact) mass is 556 g/mol. The van der Waals surface area contributed by atoms with Crippen LogP contribution in [0.25, 0.3) is 0 Å². The van der Waals surface area contributed by atoms with Gasteiger partial charge in [0.15, 0.2) is 29.6 Å². The minimum atomic E-state index is -1.11. The van der Waals surface area contributed by atoms with Gasteiger partial charge in [0.05, 0.1) is 24.4 Å². The van der Waals surface area contributed by atoms with Crippen LogP contribution in [0.3, 0.4) is 0 Å². The number of nitrogens with zero attached hydrogens (tertiary/aromatic N) is 1. The third-order valence-corrected chi connectivity index (χ3v) is 5.30. The van der Waals surface area contributed by atoms with E-state index in [9.17, 15) is 9.59 Å². The lowest BCUT2D eigenvalue weighted by atomic mass is 10.2. The number of nitrogens with one attached hydrogen (secondary N) is 1. The smallest absolute Gasteiger partial charge is 0.341 e. The average molecular weight is 557 g/mol. The van der Waals surface area contributed by atoms with Gasteiger partial charge in [0.2, 0.25) is 0 Å². The van der Waals surface area contributed by atoms with Gasteiger partial charge in [-0.15, -0.1) is 0 Å². The van der Waals surface area contributed by atoms with E-state index >= 15 is 0 Å². The predicted octanol–water partition coefficient (Wildman–Crippen LogP) is 4.66. The molecule has 0 fully saturated rings. The minimum Gasteiger partial charge on any atom is -0.493 e. The number of methoxy groups -OCH3 is 1. The molecule has 0 atom stereocenters. The van der Waals surface area contributed by atoms with E-state index in [-0.39, 0.29) is 5.75 Å². The van der Waals surface area contributed by atoms with Crippen LogP contribution in [0.2, 0.25) is 0 Å². The number of halogens is 1. The van der Waals surface area contributed by atoms with Gasteiger partial charge in [0, 0.05) is 5.56 Å². The molecule has 3 rings (SSSR count). The summed E-state index contributed by atoms with van der Waals surface area (Å²) in [4.78, 5) is 23.4. The number of hydrogen-bond donors (Lipinski definition) is 2. The molecule has 3 aromatic rings. The molecule has 0 radical (unpaired) electrons. The number of aliphatic carboxylic acids is 1. The highest BCUT2D eigenvalue weighted by Gasteiger charge is 2.14. The number of amides is 1. The first-order valence-electron chi connectivity index (χ1n) is 10.9. The zero-order chi connectivity index (χ0) is 25.9. The largest absolute Gasteiger partial charge is 0.493 e. The quantitative estimate of drug-likeness (QED) is 0.246. The zero-order valence-corrected chi connectivity index (χ0v) is 21.3. The highest BCUT2D eigenvalue weighted by molar-refractivity contribution is 9.10. The molecular formula is C26H25BrN2O7. The van der Waals surface area contributed by atoms with Crippen molar-refractivity contribution in [2.45, 2.75) is 13.5 Å². The Morgan fingerprint density at radius 3 is 2.47 bits per heavy atom. The van der Waals surface area contributed by atoms with Crippen molar-refractivity contribution in [3.63, 3.8) is 0 Å². The lowest BCUT2D eigenvalue weighted by Crippen LogP contribution is -2.17. The first kappa shape index (κ1) is 26.6. The number of benzene rings is 3. The molecule has 10 heteroatoms. The molecule has 0 saturated carbocycles. The summed E-state index contributed by atoms with van der Waals surface area (Å²) in [6, 6.07) is 17.9. The normalized spacial score (nSPS) is 10.6. The Bertz CT molecular complexity index is 1230. The molecule has 36 heavy (non-hydrogen) atoms. The average Bonchev–Trinajstić information content (AvgIpc) is 2.87. The molecule has 0 aliphatic heterocycles. The van der Waals surface area contributed by atoms with Crippen molar-refractivity contribution < 1.29 is 33.6 Å². The third-order valence-electron chi connectivity index (χ3n) is 4.71. The zero-order valence-electron chi connectivity index (χ0n) is 19.7. The van der Waals surface area contributed by atoms with Gasteiger partial charge in [-0.05, 0) is 64.3 Å². The van der Waals surface area contributed by atoms with E-state index in [0.29, 0.717) is 46.1 Å². The molecule has 0 unspecified atom stereocenters. The first-order chi connectivity index (χ1) is 17.4. The number of carboxylic acid groups (broad SMARTS) is 1. The van der Waals surface area contributed by atoms with Crippen molar-refractivity contribution in [1.82, 2.24) is 5.43 Å². The summed E-state index contributed by atoms with van der Waals surface area (Å²) in [5, 5.41) is 12.8. The summed E-state index contributed by atoms with van der Waals surface area (Å²) in [6.07, 6.45) is 1.42. The van der Waals surface area contributed by atoms with Crippen LogP contribution in [0.1, 0.15) is 28.4 Å². The van der Waals surface area contributed by atoms with E-state index in [1.54, 1.807) is 30.3 Å². The topological polar surface area (TPSA) is 116 Å². The molecule has 0 saturated heterocycles. The fourth-order valence-corrected chi connectivity index (χ4v) is 3.66. The van der Waals surface area contributed by atoms with Crippen molar-refractivity contribution in [2.24, 2.45) is 5.10 Å². The van der Waals surface area contributed by atoms with Gasteiger partial charge in [0.25, 0.3) is 5.91 Å². The van der Waals surface area contributed by atoms with Gasteiger partial charge < -0.3 is 24.1 Å². The number of hydrazone groups is 1. The van der Waals surface area contributed by atoms with E-state index in [4.69, 9.17) is 24.1 Å². The molecule has 0 aliphatic rings. The second-order valence-electron chi connectivity index (χ2n) is 7.28.